The Morgan fingerprint density at radius 2 is 1.03 bits per heavy atom. The maximum Gasteiger partial charge on any atom is 4.00 e. The van der Waals surface area contributed by atoms with Gasteiger partial charge in [0, 0.05) is 26.2 Å². The summed E-state index contributed by atoms with van der Waals surface area (Å²) in [4.78, 5) is 4.21. The molecule has 176 valence electrons. The van der Waals surface area contributed by atoms with Crippen LogP contribution in [0.1, 0.15) is 49.7 Å². The summed E-state index contributed by atoms with van der Waals surface area (Å²) in [7, 11) is 0. The molecule has 2 aliphatic heterocycles. The zero-order valence-electron chi connectivity index (χ0n) is 19.7. The van der Waals surface area contributed by atoms with Crippen molar-refractivity contribution in [3.05, 3.63) is 71.8 Å². The fourth-order valence-corrected chi connectivity index (χ4v) is 3.85. The molecule has 0 atom stereocenters. The van der Waals surface area contributed by atoms with Crippen LogP contribution in [-0.4, -0.2) is 68.5 Å². The molecule has 0 amide bonds. The third-order valence-electron chi connectivity index (χ3n) is 4.95. The second kappa shape index (κ2) is 20.8. The molecule has 0 unspecified atom stereocenters. The Morgan fingerprint density at radius 1 is 0.697 bits per heavy atom. The van der Waals surface area contributed by atoms with Gasteiger partial charge in [-0.3, -0.25) is 0 Å². The van der Waals surface area contributed by atoms with Crippen LogP contribution in [0.3, 0.4) is 0 Å². The Kier molecular flexibility index (Phi) is 20.5. The van der Waals surface area contributed by atoms with Gasteiger partial charge in [-0.25, -0.2) is 0 Å². The van der Waals surface area contributed by atoms with E-state index in [2.05, 4.69) is 47.9 Å². The number of piperidine rings is 2. The van der Waals surface area contributed by atoms with E-state index in [1.54, 1.807) is 0 Å². The third-order valence-corrected chi connectivity index (χ3v) is 5.99. The van der Waals surface area contributed by atoms with Crippen LogP contribution < -0.4 is 0 Å². The van der Waals surface area contributed by atoms with Crippen molar-refractivity contribution >= 4 is 82.2 Å². The van der Waals surface area contributed by atoms with Gasteiger partial charge in [-0.05, 0) is 38.5 Å². The van der Waals surface area contributed by atoms with E-state index in [1.807, 2.05) is 36.4 Å². The molecule has 2 aliphatic rings. The summed E-state index contributed by atoms with van der Waals surface area (Å²) in [5, 5.41) is 0. The standard InChI is InChI=1S/2C7H7.2C6H11NS2.Sn/c2*1-7-5-3-2-4-6-7;2*8-6(9)7-4-2-1-3-5-7;/h2*2-3,5-6H,1H3;2*1-5H2,(H,8,9);/q2*-1;;;+4/p-2. The molecule has 2 aromatic carbocycles. The Morgan fingerprint density at radius 3 is 1.18 bits per heavy atom. The minimum Gasteiger partial charge on any atom is -0.411 e. The van der Waals surface area contributed by atoms with Crippen molar-refractivity contribution in [2.75, 3.05) is 26.2 Å². The molecule has 4 rings (SSSR count). The number of nitrogens with zero attached hydrogens (tertiary/aromatic N) is 2. The summed E-state index contributed by atoms with van der Waals surface area (Å²) >= 11 is 19.4. The molecule has 0 aliphatic carbocycles. The number of rotatable bonds is 0. The molecule has 2 nitrogen and oxygen atoms in total. The average molecular weight is 622 g/mol. The number of hydrogen-bond acceptors (Lipinski definition) is 4. The summed E-state index contributed by atoms with van der Waals surface area (Å²) < 4.78 is 1.30. The predicted octanol–water partition coefficient (Wildman–Crippen LogP) is 5.82. The molecule has 0 spiro atoms. The van der Waals surface area contributed by atoms with Gasteiger partial charge < -0.3 is 59.5 Å². The first-order chi connectivity index (χ1) is 15.4. The van der Waals surface area contributed by atoms with Gasteiger partial charge >= 0.3 is 23.9 Å². The number of thiocarbonyl (C=S) groups is 2. The minimum atomic E-state index is 0. The second-order valence-electron chi connectivity index (χ2n) is 7.79. The molecule has 33 heavy (non-hydrogen) atoms. The fourth-order valence-electron chi connectivity index (χ4n) is 3.12. The molecule has 0 aromatic heterocycles. The average Bonchev–Trinajstić information content (AvgIpc) is 2.82. The van der Waals surface area contributed by atoms with Gasteiger partial charge in [0.05, 0.1) is 0 Å². The van der Waals surface area contributed by atoms with E-state index in [9.17, 15) is 0 Å². The van der Waals surface area contributed by atoms with Crippen molar-refractivity contribution in [3.63, 3.8) is 0 Å². The van der Waals surface area contributed by atoms with Crippen LogP contribution in [0.25, 0.3) is 0 Å². The second-order valence-corrected chi connectivity index (χ2v) is 9.85. The maximum absolute atomic E-state index is 4.86. The Bertz CT molecular complexity index is 682. The molecule has 2 aromatic rings. The Labute approximate surface area is 240 Å². The Hall–Kier alpha value is -0.541. The monoisotopic (exact) mass is 622 g/mol. The molecule has 0 N–H and O–H groups in total. The maximum atomic E-state index is 4.86. The van der Waals surface area contributed by atoms with Crippen LogP contribution in [0.4, 0.5) is 0 Å². The topological polar surface area (TPSA) is 6.48 Å². The number of hydrogen-bond donors (Lipinski definition) is 0. The van der Waals surface area contributed by atoms with Crippen LogP contribution in [-0.2, 0) is 25.3 Å². The first kappa shape index (κ1) is 32.5. The summed E-state index contributed by atoms with van der Waals surface area (Å²) in [6.07, 6.45) is 7.73. The first-order valence-electron chi connectivity index (χ1n) is 11.2. The molecular weight excluding hydrogens is 587 g/mol. The molecular formula is C26H34N2S4Sn. The number of likely N-dealkylation sites (tertiary alicyclic amines) is 2. The van der Waals surface area contributed by atoms with Gasteiger partial charge in [0.25, 0.3) is 0 Å². The van der Waals surface area contributed by atoms with Gasteiger partial charge in [-0.2, -0.15) is 71.8 Å². The van der Waals surface area contributed by atoms with Crippen molar-refractivity contribution in [2.24, 2.45) is 0 Å². The summed E-state index contributed by atoms with van der Waals surface area (Å²) in [6, 6.07) is 21.7. The molecule has 0 radical (unpaired) electrons. The number of benzene rings is 2. The predicted molar refractivity (Wildman–Crippen MR) is 157 cm³/mol. The molecule has 2 fully saturated rings. The van der Waals surface area contributed by atoms with Crippen molar-refractivity contribution < 1.29 is 0 Å². The van der Waals surface area contributed by atoms with Crippen LogP contribution in [0.15, 0.2) is 48.5 Å². The van der Waals surface area contributed by atoms with Gasteiger partial charge in [-0.1, -0.05) is 22.5 Å². The summed E-state index contributed by atoms with van der Waals surface area (Å²) in [5.74, 6) is 0. The smallest absolute Gasteiger partial charge is 0.411 e. The van der Waals surface area contributed by atoms with Crippen molar-refractivity contribution in [1.29, 1.82) is 0 Å². The van der Waals surface area contributed by atoms with Gasteiger partial charge in [0.1, 0.15) is 0 Å². The van der Waals surface area contributed by atoms with Crippen molar-refractivity contribution in [1.82, 2.24) is 9.80 Å². The Balaban J connectivity index is 0.000000412. The van der Waals surface area contributed by atoms with E-state index in [-0.39, 0.29) is 23.9 Å². The van der Waals surface area contributed by atoms with E-state index in [0.29, 0.717) is 8.64 Å². The van der Waals surface area contributed by atoms with E-state index in [1.165, 1.54) is 49.7 Å². The summed E-state index contributed by atoms with van der Waals surface area (Å²) in [6.45, 7) is 8.45. The molecule has 2 heterocycles. The molecule has 2 saturated heterocycles. The van der Waals surface area contributed by atoms with Crippen LogP contribution in [0.5, 0.6) is 0 Å². The molecule has 7 heteroatoms. The van der Waals surface area contributed by atoms with E-state index in [4.69, 9.17) is 49.7 Å². The van der Waals surface area contributed by atoms with E-state index >= 15 is 0 Å². The van der Waals surface area contributed by atoms with Crippen LogP contribution >= 0.6 is 24.4 Å². The zero-order chi connectivity index (χ0) is 23.6. The van der Waals surface area contributed by atoms with Crippen LogP contribution in [0.2, 0.25) is 0 Å². The zero-order valence-corrected chi connectivity index (χ0v) is 25.8. The van der Waals surface area contributed by atoms with Gasteiger partial charge in [0.15, 0.2) is 0 Å². The van der Waals surface area contributed by atoms with Gasteiger partial charge in [0.2, 0.25) is 0 Å². The fraction of sp³-hybridized carbons (Fsp3) is 0.462. The van der Waals surface area contributed by atoms with Crippen molar-refractivity contribution in [3.8, 4) is 0 Å². The van der Waals surface area contributed by atoms with Crippen molar-refractivity contribution in [2.45, 2.75) is 52.4 Å². The largest absolute Gasteiger partial charge is 4.00 e. The minimum absolute atomic E-state index is 0. The first-order valence-corrected chi connectivity index (χ1v) is 12.8. The molecule has 0 bridgehead atoms. The number of aryl methyl sites for hydroxylation is 2. The van der Waals surface area contributed by atoms with E-state index in [0.717, 1.165) is 26.2 Å². The summed E-state index contributed by atoms with van der Waals surface area (Å²) in [5.41, 5.74) is 2.53. The normalized spacial score (nSPS) is 14.5. The van der Waals surface area contributed by atoms with Crippen LogP contribution in [0, 0.1) is 26.0 Å². The SMILES string of the molecule is Cc1c[c-]ccc1.Cc1c[c-]ccc1.S=C([S-])N1CCCCC1.S=C([S-])N1CCCCC1.[Sn+4]. The third kappa shape index (κ3) is 17.5. The van der Waals surface area contributed by atoms with Gasteiger partial charge in [-0.15, -0.1) is 0 Å². The van der Waals surface area contributed by atoms with E-state index < -0.39 is 0 Å². The molecule has 0 saturated carbocycles. The quantitative estimate of drug-likeness (QED) is 0.157.